The molecule has 1 N–H and O–H groups in total. The van der Waals surface area contributed by atoms with E-state index in [4.69, 9.17) is 0 Å². The molecule has 0 atom stereocenters. The van der Waals surface area contributed by atoms with Gasteiger partial charge in [-0.1, -0.05) is 16.5 Å². The van der Waals surface area contributed by atoms with Crippen molar-refractivity contribution in [3.63, 3.8) is 0 Å². The fourth-order valence-electron chi connectivity index (χ4n) is 1.25. The lowest BCUT2D eigenvalue weighted by atomic mass is 10.2. The van der Waals surface area contributed by atoms with Crippen LogP contribution in [0.25, 0.3) is 0 Å². The van der Waals surface area contributed by atoms with Gasteiger partial charge in [0.1, 0.15) is 0 Å². The maximum atomic E-state index is 11.9. The second kappa shape index (κ2) is 5.95. The number of nitrogens with zero attached hydrogens (tertiary/aromatic N) is 2. The van der Waals surface area contributed by atoms with Gasteiger partial charge in [0.15, 0.2) is 0 Å². The van der Waals surface area contributed by atoms with Crippen LogP contribution in [0.15, 0.2) is 24.3 Å². The zero-order valence-electron chi connectivity index (χ0n) is 9.87. The van der Waals surface area contributed by atoms with Crippen molar-refractivity contribution in [2.45, 2.75) is 12.7 Å². The Morgan fingerprint density at radius 2 is 2.06 bits per heavy atom. The number of hydrogen-bond acceptors (Lipinski definition) is 4. The third kappa shape index (κ3) is 3.90. The number of benzene rings is 1. The van der Waals surface area contributed by atoms with Gasteiger partial charge < -0.3 is 0 Å². The summed E-state index contributed by atoms with van der Waals surface area (Å²) in [5, 5.41) is 9.36. The fourth-order valence-corrected chi connectivity index (χ4v) is 2.99. The summed E-state index contributed by atoms with van der Waals surface area (Å²) < 4.78 is 25.3. The third-order valence-corrected chi connectivity index (χ3v) is 4.52. The Morgan fingerprint density at radius 3 is 2.56 bits per heavy atom. The number of halogens is 1. The number of rotatable bonds is 4. The summed E-state index contributed by atoms with van der Waals surface area (Å²) in [5.41, 5.74) is 0.589. The van der Waals surface area contributed by atoms with Crippen LogP contribution in [-0.2, 0) is 20.6 Å². The normalized spacial score (nSPS) is 11.6. The van der Waals surface area contributed by atoms with Crippen molar-refractivity contribution in [1.82, 2.24) is 9.59 Å². The molecule has 0 radical (unpaired) electrons. The molecule has 0 aromatic heterocycles. The molecule has 0 aliphatic carbocycles. The first kappa shape index (κ1) is 15.3. The number of hydrazine groups is 1. The molecule has 0 heterocycles. The van der Waals surface area contributed by atoms with Crippen molar-refractivity contribution in [3.8, 4) is 0 Å². The number of amides is 1. The van der Waals surface area contributed by atoms with E-state index in [1.165, 1.54) is 0 Å². The molecule has 0 spiro atoms. The monoisotopic (exact) mass is 384 g/mol. The molecule has 8 heteroatoms. The first-order valence-corrected chi connectivity index (χ1v) is 7.63. The van der Waals surface area contributed by atoms with E-state index in [-0.39, 0.29) is 10.9 Å². The predicted octanol–water partition coefficient (Wildman–Crippen LogP) is 1.21. The molecular weight excluding hydrogens is 371 g/mol. The first-order chi connectivity index (χ1) is 8.24. The summed E-state index contributed by atoms with van der Waals surface area (Å²) >= 11 is 2.08. The van der Waals surface area contributed by atoms with E-state index in [0.29, 0.717) is 9.98 Å². The first-order valence-electron chi connectivity index (χ1n) is 4.94. The number of hydroxylamine groups is 1. The van der Waals surface area contributed by atoms with Crippen LogP contribution in [0.2, 0.25) is 0 Å². The predicted molar refractivity (Wildman–Crippen MR) is 73.9 cm³/mol. The molecule has 0 bridgehead atoms. The molecule has 0 saturated carbocycles. The topological polar surface area (TPSA) is 77.9 Å². The summed E-state index contributed by atoms with van der Waals surface area (Å²) in [5.74, 6) is -1.06. The van der Waals surface area contributed by atoms with E-state index in [9.17, 15) is 18.4 Å². The molecule has 1 aromatic carbocycles. The fraction of sp³-hybridized carbons (Fsp3) is 0.300. The largest absolute Gasteiger partial charge is 0.271 e. The van der Waals surface area contributed by atoms with Crippen LogP contribution in [0.4, 0.5) is 0 Å². The lowest BCUT2D eigenvalue weighted by Gasteiger charge is -2.23. The maximum Gasteiger partial charge on any atom is 0.259 e. The van der Waals surface area contributed by atoms with Crippen LogP contribution in [-0.4, -0.2) is 36.2 Å². The molecule has 18 heavy (non-hydrogen) atoms. The Morgan fingerprint density at radius 1 is 1.44 bits per heavy atom. The van der Waals surface area contributed by atoms with Crippen molar-refractivity contribution >= 4 is 38.5 Å². The van der Waals surface area contributed by atoms with Gasteiger partial charge in [-0.2, -0.15) is 0 Å². The van der Waals surface area contributed by atoms with Crippen LogP contribution in [0.5, 0.6) is 0 Å². The van der Waals surface area contributed by atoms with Gasteiger partial charge in [-0.05, 0) is 40.3 Å². The molecule has 0 saturated heterocycles. The number of carbonyl (C=O) groups is 1. The minimum Gasteiger partial charge on any atom is -0.271 e. The van der Waals surface area contributed by atoms with Crippen LogP contribution in [0.1, 0.15) is 12.5 Å². The summed E-state index contributed by atoms with van der Waals surface area (Å²) in [6.07, 6.45) is 0. The van der Waals surface area contributed by atoms with E-state index in [1.807, 2.05) is 6.07 Å². The van der Waals surface area contributed by atoms with Crippen LogP contribution >= 0.6 is 22.6 Å². The van der Waals surface area contributed by atoms with Crippen LogP contribution < -0.4 is 0 Å². The quantitative estimate of drug-likeness (QED) is 0.481. The second-order valence-electron chi connectivity index (χ2n) is 3.63. The number of hydrogen-bond donors (Lipinski definition) is 1. The lowest BCUT2D eigenvalue weighted by molar-refractivity contribution is -0.203. The van der Waals surface area contributed by atoms with Crippen molar-refractivity contribution in [2.24, 2.45) is 0 Å². The Bertz CT molecular complexity index is 547. The van der Waals surface area contributed by atoms with E-state index >= 15 is 0 Å². The molecule has 1 aromatic rings. The highest BCUT2D eigenvalue weighted by atomic mass is 127. The van der Waals surface area contributed by atoms with Crippen molar-refractivity contribution in [1.29, 1.82) is 0 Å². The molecule has 0 unspecified atom stereocenters. The molecule has 1 rings (SSSR count). The van der Waals surface area contributed by atoms with E-state index < -0.39 is 15.9 Å². The van der Waals surface area contributed by atoms with Gasteiger partial charge in [-0.25, -0.2) is 8.42 Å². The van der Waals surface area contributed by atoms with Gasteiger partial charge in [-0.15, -0.1) is 5.17 Å². The molecule has 6 nitrogen and oxygen atoms in total. The third-order valence-electron chi connectivity index (χ3n) is 2.19. The van der Waals surface area contributed by atoms with Crippen molar-refractivity contribution < 1.29 is 18.4 Å². The zero-order chi connectivity index (χ0) is 13.9. The summed E-state index contributed by atoms with van der Waals surface area (Å²) in [4.78, 5) is 10.9. The molecule has 1 amide bonds. The second-order valence-corrected chi connectivity index (χ2v) is 6.86. The van der Waals surface area contributed by atoms with Crippen LogP contribution in [0, 0.1) is 3.57 Å². The SMILES string of the molecule is CC(=O)N(O)N(C)S(=O)(=O)Cc1cccc(I)c1. The highest BCUT2D eigenvalue weighted by Crippen LogP contribution is 2.13. The Balaban J connectivity index is 2.92. The maximum absolute atomic E-state index is 11.9. The summed E-state index contributed by atoms with van der Waals surface area (Å²) in [7, 11) is -2.67. The number of sulfonamides is 1. The van der Waals surface area contributed by atoms with Gasteiger partial charge in [0.25, 0.3) is 5.91 Å². The lowest BCUT2D eigenvalue weighted by Crippen LogP contribution is -2.44. The zero-order valence-corrected chi connectivity index (χ0v) is 12.8. The minimum atomic E-state index is -3.79. The van der Waals surface area contributed by atoms with E-state index in [0.717, 1.165) is 17.5 Å². The van der Waals surface area contributed by atoms with Crippen molar-refractivity contribution in [3.05, 3.63) is 33.4 Å². The van der Waals surface area contributed by atoms with Gasteiger partial charge in [0.05, 0.1) is 5.75 Å². The summed E-state index contributed by atoms with van der Waals surface area (Å²) in [6, 6.07) is 6.98. The summed E-state index contributed by atoms with van der Waals surface area (Å²) in [6.45, 7) is 1.07. The average Bonchev–Trinajstić information content (AvgIpc) is 2.26. The highest BCUT2D eigenvalue weighted by molar-refractivity contribution is 14.1. The standard InChI is InChI=1S/C10H13IN2O4S/c1-8(14)13(15)12(2)18(16,17)7-9-4-3-5-10(11)6-9/h3-6,15H,7H2,1-2H3. The van der Waals surface area contributed by atoms with Crippen LogP contribution in [0.3, 0.4) is 0 Å². The molecular formula is C10H13IN2O4S. The Kier molecular flexibility index (Phi) is 5.08. The van der Waals surface area contributed by atoms with Crippen molar-refractivity contribution in [2.75, 3.05) is 7.05 Å². The smallest absolute Gasteiger partial charge is 0.259 e. The van der Waals surface area contributed by atoms with Gasteiger partial charge in [0, 0.05) is 17.5 Å². The minimum absolute atomic E-state index is 0.0727. The van der Waals surface area contributed by atoms with E-state index in [1.54, 1.807) is 18.2 Å². The molecule has 100 valence electrons. The van der Waals surface area contributed by atoms with Gasteiger partial charge in [-0.3, -0.25) is 10.0 Å². The van der Waals surface area contributed by atoms with Gasteiger partial charge >= 0.3 is 0 Å². The average molecular weight is 384 g/mol. The Labute approximate surface area is 119 Å². The Hall–Kier alpha value is -0.710. The molecule has 0 aliphatic heterocycles. The molecule has 0 fully saturated rings. The molecule has 0 aliphatic rings. The highest BCUT2D eigenvalue weighted by Gasteiger charge is 2.25. The number of carbonyl (C=O) groups excluding carboxylic acids is 1. The van der Waals surface area contributed by atoms with Gasteiger partial charge in [0.2, 0.25) is 10.0 Å². The van der Waals surface area contributed by atoms with E-state index in [2.05, 4.69) is 22.6 Å².